The molecule has 0 amide bonds. The van der Waals surface area contributed by atoms with Crippen molar-refractivity contribution in [1.82, 2.24) is 0 Å². The first-order valence-corrected chi connectivity index (χ1v) is 20.1. The fourth-order valence-corrected chi connectivity index (χ4v) is 10.2. The van der Waals surface area contributed by atoms with Gasteiger partial charge in [0.1, 0.15) is 0 Å². The van der Waals surface area contributed by atoms with Gasteiger partial charge in [-0.2, -0.15) is 0 Å². The number of fused-ring (bicyclic) bond motifs is 13. The van der Waals surface area contributed by atoms with E-state index in [4.69, 9.17) is 0 Å². The third-order valence-corrected chi connectivity index (χ3v) is 13.0. The fraction of sp³-hybridized carbons (Fsp3) is 0.0526. The first kappa shape index (κ1) is 32.2. The molecule has 11 aromatic carbocycles. The van der Waals surface area contributed by atoms with Crippen molar-refractivity contribution in [3.8, 4) is 44.5 Å². The molecule has 57 heavy (non-hydrogen) atoms. The van der Waals surface area contributed by atoms with E-state index in [0.717, 1.165) is 0 Å². The lowest BCUT2D eigenvalue weighted by Gasteiger charge is -2.23. The molecule has 0 radical (unpaired) electrons. The summed E-state index contributed by atoms with van der Waals surface area (Å²) in [6.07, 6.45) is 0. The van der Waals surface area contributed by atoms with Crippen LogP contribution in [0.5, 0.6) is 0 Å². The predicted octanol–water partition coefficient (Wildman–Crippen LogP) is 15.9. The molecule has 11 aromatic rings. The summed E-state index contributed by atoms with van der Waals surface area (Å²) in [6, 6.07) is 72.7. The van der Waals surface area contributed by atoms with Crippen LogP contribution in [0.15, 0.2) is 194 Å². The van der Waals surface area contributed by atoms with E-state index in [0.29, 0.717) is 0 Å². The smallest absolute Gasteiger partial charge is 0.0159 e. The second kappa shape index (κ2) is 12.0. The molecule has 0 bridgehead atoms. The van der Waals surface area contributed by atoms with Crippen molar-refractivity contribution in [2.45, 2.75) is 19.3 Å². The maximum Gasteiger partial charge on any atom is 0.0159 e. The topological polar surface area (TPSA) is 0 Å². The first-order chi connectivity index (χ1) is 28.0. The molecule has 0 spiro atoms. The Labute approximate surface area is 332 Å². The third kappa shape index (κ3) is 4.74. The SMILES string of the molecule is CC1(C)c2cc(-c3cccc(-c4cc5ccc6ccccc6c5c5ccccc45)c3)ccc2-c2ccc(-c3cc4ccc5ccccc5c4c4ccccc34)cc21. The van der Waals surface area contributed by atoms with Crippen molar-refractivity contribution < 1.29 is 0 Å². The van der Waals surface area contributed by atoms with Crippen LogP contribution in [0.1, 0.15) is 25.0 Å². The summed E-state index contributed by atoms with van der Waals surface area (Å²) in [5, 5.41) is 15.6. The lowest BCUT2D eigenvalue weighted by Crippen LogP contribution is -2.15. The Bertz CT molecular complexity index is 3490. The largest absolute Gasteiger partial charge is 0.0616 e. The molecular formula is C57H38. The Balaban J connectivity index is 0.958. The zero-order valence-corrected chi connectivity index (χ0v) is 32.0. The molecule has 0 nitrogen and oxygen atoms in total. The van der Waals surface area contributed by atoms with Crippen molar-refractivity contribution in [2.24, 2.45) is 0 Å². The van der Waals surface area contributed by atoms with E-state index in [9.17, 15) is 0 Å². The third-order valence-electron chi connectivity index (χ3n) is 13.0. The predicted molar refractivity (Wildman–Crippen MR) is 245 cm³/mol. The van der Waals surface area contributed by atoms with E-state index in [1.807, 2.05) is 0 Å². The van der Waals surface area contributed by atoms with E-state index in [2.05, 4.69) is 208 Å². The van der Waals surface area contributed by atoms with E-state index < -0.39 is 0 Å². The zero-order valence-electron chi connectivity index (χ0n) is 32.0. The van der Waals surface area contributed by atoms with Gasteiger partial charge in [0.15, 0.2) is 0 Å². The standard InChI is InChI=1S/C57H38/c1-57(2)53-33-38(37-14-11-15-39(30-37)51-31-41-24-22-35-12-3-5-16-43(35)55(41)49-20-9-7-18-45(49)51)26-28-47(53)48-29-27-40(34-54(48)57)52-32-42-25-23-36-13-4-6-17-44(36)56(42)50-21-10-8-19-46(50)52/h3-34H,1-2H3. The van der Waals surface area contributed by atoms with Crippen molar-refractivity contribution >= 4 is 64.6 Å². The molecule has 0 aliphatic heterocycles. The number of benzene rings is 11. The molecule has 0 saturated heterocycles. The van der Waals surface area contributed by atoms with Crippen LogP contribution < -0.4 is 0 Å². The van der Waals surface area contributed by atoms with Gasteiger partial charge in [-0.1, -0.05) is 178 Å². The quantitative estimate of drug-likeness (QED) is 0.159. The van der Waals surface area contributed by atoms with Crippen molar-refractivity contribution in [1.29, 1.82) is 0 Å². The summed E-state index contributed by atoms with van der Waals surface area (Å²) in [4.78, 5) is 0. The lowest BCUT2D eigenvalue weighted by atomic mass is 9.80. The normalized spacial score (nSPS) is 13.2. The summed E-state index contributed by atoms with van der Waals surface area (Å²) in [7, 11) is 0. The van der Waals surface area contributed by atoms with Gasteiger partial charge in [0.25, 0.3) is 0 Å². The summed E-state index contributed by atoms with van der Waals surface area (Å²) in [5.74, 6) is 0. The van der Waals surface area contributed by atoms with Crippen molar-refractivity contribution in [2.75, 3.05) is 0 Å². The van der Waals surface area contributed by atoms with E-state index in [1.54, 1.807) is 0 Å². The molecule has 1 aliphatic carbocycles. The Morgan fingerprint density at radius 3 is 1.23 bits per heavy atom. The molecule has 0 N–H and O–H groups in total. The maximum absolute atomic E-state index is 2.47. The highest BCUT2D eigenvalue weighted by Crippen LogP contribution is 2.51. The van der Waals surface area contributed by atoms with Crippen LogP contribution in [0.4, 0.5) is 0 Å². The monoisotopic (exact) mass is 722 g/mol. The molecule has 12 rings (SSSR count). The van der Waals surface area contributed by atoms with Gasteiger partial charge in [-0.3, -0.25) is 0 Å². The van der Waals surface area contributed by atoms with Gasteiger partial charge >= 0.3 is 0 Å². The molecule has 0 heteroatoms. The van der Waals surface area contributed by atoms with Gasteiger partial charge in [0, 0.05) is 5.41 Å². The summed E-state index contributed by atoms with van der Waals surface area (Å²) < 4.78 is 0. The molecule has 0 aromatic heterocycles. The van der Waals surface area contributed by atoms with Crippen molar-refractivity contribution in [3.63, 3.8) is 0 Å². The van der Waals surface area contributed by atoms with Gasteiger partial charge in [-0.15, -0.1) is 0 Å². The molecule has 0 atom stereocenters. The van der Waals surface area contributed by atoms with Crippen LogP contribution in [-0.4, -0.2) is 0 Å². The average Bonchev–Trinajstić information content (AvgIpc) is 3.50. The second-order valence-corrected chi connectivity index (χ2v) is 16.4. The van der Waals surface area contributed by atoms with Gasteiger partial charge in [0.2, 0.25) is 0 Å². The Morgan fingerprint density at radius 1 is 0.263 bits per heavy atom. The minimum atomic E-state index is -0.158. The highest BCUT2D eigenvalue weighted by Gasteiger charge is 2.36. The Morgan fingerprint density at radius 2 is 0.667 bits per heavy atom. The van der Waals surface area contributed by atoms with Gasteiger partial charge < -0.3 is 0 Å². The minimum absolute atomic E-state index is 0.158. The molecule has 0 saturated carbocycles. The molecule has 0 heterocycles. The van der Waals surface area contributed by atoms with Crippen LogP contribution in [0.2, 0.25) is 0 Å². The maximum atomic E-state index is 2.47. The molecule has 1 aliphatic rings. The van der Waals surface area contributed by atoms with Crippen LogP contribution in [0.3, 0.4) is 0 Å². The first-order valence-electron chi connectivity index (χ1n) is 20.1. The van der Waals surface area contributed by atoms with Crippen LogP contribution in [-0.2, 0) is 5.41 Å². The summed E-state index contributed by atoms with van der Waals surface area (Å²) in [6.45, 7) is 4.80. The van der Waals surface area contributed by atoms with Gasteiger partial charge in [0.05, 0.1) is 0 Å². The van der Waals surface area contributed by atoms with Gasteiger partial charge in [-0.05, 0) is 151 Å². The number of rotatable bonds is 3. The molecular weight excluding hydrogens is 685 g/mol. The molecule has 266 valence electrons. The second-order valence-electron chi connectivity index (χ2n) is 16.4. The van der Waals surface area contributed by atoms with Crippen molar-refractivity contribution in [3.05, 3.63) is 205 Å². The van der Waals surface area contributed by atoms with E-state index in [-0.39, 0.29) is 5.41 Å². The molecule has 0 fully saturated rings. The highest BCUT2D eigenvalue weighted by atomic mass is 14.4. The van der Waals surface area contributed by atoms with Crippen LogP contribution >= 0.6 is 0 Å². The fourth-order valence-electron chi connectivity index (χ4n) is 10.2. The van der Waals surface area contributed by atoms with Crippen LogP contribution in [0.25, 0.3) is 109 Å². The zero-order chi connectivity index (χ0) is 37.8. The number of hydrogen-bond acceptors (Lipinski definition) is 0. The Kier molecular flexibility index (Phi) is 6.78. The number of hydrogen-bond donors (Lipinski definition) is 0. The Hall–Kier alpha value is -7.02. The average molecular weight is 723 g/mol. The van der Waals surface area contributed by atoms with E-state index in [1.165, 1.54) is 120 Å². The highest BCUT2D eigenvalue weighted by molar-refractivity contribution is 6.24. The van der Waals surface area contributed by atoms with Gasteiger partial charge in [-0.25, -0.2) is 0 Å². The van der Waals surface area contributed by atoms with E-state index >= 15 is 0 Å². The minimum Gasteiger partial charge on any atom is -0.0616 e. The van der Waals surface area contributed by atoms with Crippen LogP contribution in [0, 0.1) is 0 Å². The summed E-state index contributed by atoms with van der Waals surface area (Å²) >= 11 is 0. The molecule has 0 unspecified atom stereocenters. The summed E-state index contributed by atoms with van der Waals surface area (Å²) in [5.41, 5.74) is 12.8. The lowest BCUT2D eigenvalue weighted by molar-refractivity contribution is 0.661.